The van der Waals surface area contributed by atoms with Gasteiger partial charge in [0.25, 0.3) is 0 Å². The molecule has 0 aliphatic heterocycles. The van der Waals surface area contributed by atoms with Gasteiger partial charge in [0.1, 0.15) is 0 Å². The highest BCUT2D eigenvalue weighted by Crippen LogP contribution is 2.24. The molecule has 0 bridgehead atoms. The number of benzene rings is 1. The fraction of sp³-hybridized carbons (Fsp3) is 0.375. The van der Waals surface area contributed by atoms with Gasteiger partial charge in [-0.15, -0.1) is 11.3 Å². The summed E-state index contributed by atoms with van der Waals surface area (Å²) in [6, 6.07) is 11.0. The summed E-state index contributed by atoms with van der Waals surface area (Å²) in [6.45, 7) is 4.33. The van der Waals surface area contributed by atoms with E-state index in [2.05, 4.69) is 55.0 Å². The normalized spacial score (nSPS) is 12.6. The standard InChI is InChI=1S/C16H22N2S/c1-12-6-3-9-15(13(12)2)16(18-17)10-4-7-14-8-5-11-19-14/h3,5-6,8-9,11,16,18H,4,7,10,17H2,1-2H3. The first-order chi connectivity index (χ1) is 9.22. The summed E-state index contributed by atoms with van der Waals surface area (Å²) in [5.74, 6) is 5.74. The molecule has 0 spiro atoms. The maximum atomic E-state index is 5.74. The van der Waals surface area contributed by atoms with Crippen LogP contribution in [-0.4, -0.2) is 0 Å². The van der Waals surface area contributed by atoms with Crippen molar-refractivity contribution in [3.05, 3.63) is 57.3 Å². The van der Waals surface area contributed by atoms with E-state index in [0.29, 0.717) is 0 Å². The smallest absolute Gasteiger partial charge is 0.0462 e. The number of thiophene rings is 1. The maximum Gasteiger partial charge on any atom is 0.0462 e. The van der Waals surface area contributed by atoms with E-state index in [4.69, 9.17) is 5.84 Å². The zero-order valence-electron chi connectivity index (χ0n) is 11.6. The first-order valence-electron chi connectivity index (χ1n) is 6.77. The Balaban J connectivity index is 1.98. The second-order valence-electron chi connectivity index (χ2n) is 4.98. The molecule has 3 heteroatoms. The molecule has 102 valence electrons. The van der Waals surface area contributed by atoms with Crippen molar-refractivity contribution in [2.45, 2.75) is 39.2 Å². The minimum absolute atomic E-state index is 0.250. The fourth-order valence-corrected chi connectivity index (χ4v) is 3.17. The minimum Gasteiger partial charge on any atom is -0.271 e. The van der Waals surface area contributed by atoms with Crippen LogP contribution in [0.25, 0.3) is 0 Å². The largest absolute Gasteiger partial charge is 0.271 e. The number of hydrazine groups is 1. The summed E-state index contributed by atoms with van der Waals surface area (Å²) < 4.78 is 0. The van der Waals surface area contributed by atoms with Crippen molar-refractivity contribution < 1.29 is 0 Å². The van der Waals surface area contributed by atoms with Crippen LogP contribution in [0.15, 0.2) is 35.7 Å². The van der Waals surface area contributed by atoms with Crippen molar-refractivity contribution in [3.8, 4) is 0 Å². The average Bonchev–Trinajstić information content (AvgIpc) is 2.92. The average molecular weight is 274 g/mol. The van der Waals surface area contributed by atoms with Gasteiger partial charge in [0.2, 0.25) is 0 Å². The molecule has 1 unspecified atom stereocenters. The molecule has 1 heterocycles. The highest BCUT2D eigenvalue weighted by Gasteiger charge is 2.12. The Kier molecular flexibility index (Phi) is 5.14. The van der Waals surface area contributed by atoms with E-state index in [1.165, 1.54) is 21.6 Å². The van der Waals surface area contributed by atoms with Crippen LogP contribution in [0.1, 0.15) is 40.5 Å². The summed E-state index contributed by atoms with van der Waals surface area (Å²) in [7, 11) is 0. The third-order valence-electron chi connectivity index (χ3n) is 3.72. The SMILES string of the molecule is Cc1cccc(C(CCCc2cccs2)NN)c1C. The van der Waals surface area contributed by atoms with Gasteiger partial charge in [-0.1, -0.05) is 24.3 Å². The zero-order valence-corrected chi connectivity index (χ0v) is 12.5. The van der Waals surface area contributed by atoms with E-state index in [9.17, 15) is 0 Å². The van der Waals surface area contributed by atoms with Crippen LogP contribution in [-0.2, 0) is 6.42 Å². The molecule has 19 heavy (non-hydrogen) atoms. The van der Waals surface area contributed by atoms with E-state index in [0.717, 1.165) is 19.3 Å². The highest BCUT2D eigenvalue weighted by atomic mass is 32.1. The minimum atomic E-state index is 0.250. The van der Waals surface area contributed by atoms with Crippen molar-refractivity contribution in [3.63, 3.8) is 0 Å². The molecule has 2 aromatic rings. The van der Waals surface area contributed by atoms with Crippen molar-refractivity contribution >= 4 is 11.3 Å². The molecule has 0 saturated carbocycles. The molecular weight excluding hydrogens is 252 g/mol. The van der Waals surface area contributed by atoms with Gasteiger partial charge in [-0.3, -0.25) is 11.3 Å². The second kappa shape index (κ2) is 6.85. The molecule has 0 saturated heterocycles. The Bertz CT molecular complexity index is 505. The van der Waals surface area contributed by atoms with Gasteiger partial charge >= 0.3 is 0 Å². The molecule has 0 radical (unpaired) electrons. The third-order valence-corrected chi connectivity index (χ3v) is 4.66. The molecule has 1 aromatic carbocycles. The lowest BCUT2D eigenvalue weighted by molar-refractivity contribution is 0.497. The van der Waals surface area contributed by atoms with Gasteiger partial charge in [-0.25, -0.2) is 0 Å². The number of rotatable bonds is 6. The van der Waals surface area contributed by atoms with E-state index >= 15 is 0 Å². The molecule has 0 amide bonds. The van der Waals surface area contributed by atoms with Crippen molar-refractivity contribution in [1.29, 1.82) is 0 Å². The summed E-state index contributed by atoms with van der Waals surface area (Å²) in [4.78, 5) is 1.46. The number of nitrogens with two attached hydrogens (primary N) is 1. The van der Waals surface area contributed by atoms with Gasteiger partial charge in [0.15, 0.2) is 0 Å². The monoisotopic (exact) mass is 274 g/mol. The van der Waals surface area contributed by atoms with Crippen LogP contribution in [0, 0.1) is 13.8 Å². The van der Waals surface area contributed by atoms with Crippen molar-refractivity contribution in [1.82, 2.24) is 5.43 Å². The zero-order chi connectivity index (χ0) is 13.7. The molecule has 1 aromatic heterocycles. The summed E-state index contributed by atoms with van der Waals surface area (Å²) >= 11 is 1.83. The van der Waals surface area contributed by atoms with E-state index in [1.807, 2.05) is 11.3 Å². The van der Waals surface area contributed by atoms with E-state index < -0.39 is 0 Å². The molecule has 3 N–H and O–H groups in total. The molecule has 1 atom stereocenters. The Morgan fingerprint density at radius 1 is 1.21 bits per heavy atom. The number of nitrogens with one attached hydrogen (secondary N) is 1. The van der Waals surface area contributed by atoms with E-state index in [1.54, 1.807) is 0 Å². The highest BCUT2D eigenvalue weighted by molar-refractivity contribution is 7.09. The summed E-state index contributed by atoms with van der Waals surface area (Å²) in [6.07, 6.45) is 3.36. The summed E-state index contributed by atoms with van der Waals surface area (Å²) in [5, 5.41) is 2.14. The van der Waals surface area contributed by atoms with Crippen LogP contribution in [0.2, 0.25) is 0 Å². The van der Waals surface area contributed by atoms with Gasteiger partial charge in [0, 0.05) is 10.9 Å². The van der Waals surface area contributed by atoms with Gasteiger partial charge in [-0.05, 0) is 61.2 Å². The van der Waals surface area contributed by atoms with Crippen LogP contribution in [0.5, 0.6) is 0 Å². The second-order valence-corrected chi connectivity index (χ2v) is 6.01. The molecule has 0 fully saturated rings. The lowest BCUT2D eigenvalue weighted by Gasteiger charge is -2.19. The molecule has 2 rings (SSSR count). The predicted molar refractivity (Wildman–Crippen MR) is 83.2 cm³/mol. The van der Waals surface area contributed by atoms with Gasteiger partial charge < -0.3 is 0 Å². The fourth-order valence-electron chi connectivity index (χ4n) is 2.42. The Morgan fingerprint density at radius 2 is 2.05 bits per heavy atom. The topological polar surface area (TPSA) is 38.0 Å². The predicted octanol–water partition coefficient (Wildman–Crippen LogP) is 3.89. The first kappa shape index (κ1) is 14.3. The Morgan fingerprint density at radius 3 is 2.74 bits per heavy atom. The van der Waals surface area contributed by atoms with Gasteiger partial charge in [0.05, 0.1) is 0 Å². The van der Waals surface area contributed by atoms with E-state index in [-0.39, 0.29) is 6.04 Å². The molecule has 0 aliphatic rings. The van der Waals surface area contributed by atoms with Crippen LogP contribution in [0.3, 0.4) is 0 Å². The van der Waals surface area contributed by atoms with Gasteiger partial charge in [-0.2, -0.15) is 0 Å². The maximum absolute atomic E-state index is 5.74. The third kappa shape index (κ3) is 3.66. The Labute approximate surface area is 119 Å². The van der Waals surface area contributed by atoms with Crippen LogP contribution < -0.4 is 11.3 Å². The van der Waals surface area contributed by atoms with Crippen molar-refractivity contribution in [2.24, 2.45) is 5.84 Å². The number of hydrogen-bond donors (Lipinski definition) is 2. The van der Waals surface area contributed by atoms with Crippen molar-refractivity contribution in [2.75, 3.05) is 0 Å². The quantitative estimate of drug-likeness (QED) is 0.619. The molecule has 2 nitrogen and oxygen atoms in total. The lowest BCUT2D eigenvalue weighted by Crippen LogP contribution is -2.28. The molecule has 0 aliphatic carbocycles. The summed E-state index contributed by atoms with van der Waals surface area (Å²) in [5.41, 5.74) is 6.98. The molecular formula is C16H22N2S. The van der Waals surface area contributed by atoms with Crippen LogP contribution >= 0.6 is 11.3 Å². The Hall–Kier alpha value is -1.16. The van der Waals surface area contributed by atoms with Crippen LogP contribution in [0.4, 0.5) is 0 Å². The number of aryl methyl sites for hydroxylation is 2. The lowest BCUT2D eigenvalue weighted by atomic mass is 9.94. The first-order valence-corrected chi connectivity index (χ1v) is 7.65. The number of hydrogen-bond acceptors (Lipinski definition) is 3.